The molecule has 164 valence electrons. The van der Waals surface area contributed by atoms with Gasteiger partial charge in [-0.05, 0) is 24.8 Å². The lowest BCUT2D eigenvalue weighted by Crippen LogP contribution is -2.45. The third-order valence-electron chi connectivity index (χ3n) is 5.55. The maximum atomic E-state index is 14.4. The van der Waals surface area contributed by atoms with Crippen LogP contribution in [-0.2, 0) is 9.53 Å². The van der Waals surface area contributed by atoms with Gasteiger partial charge in [-0.15, -0.1) is 0 Å². The van der Waals surface area contributed by atoms with Gasteiger partial charge in [0.25, 0.3) is 0 Å². The highest BCUT2D eigenvalue weighted by Gasteiger charge is 2.27. The average Bonchev–Trinajstić information content (AvgIpc) is 3.17. The number of fused-ring (bicyclic) bond motifs is 1. The van der Waals surface area contributed by atoms with Gasteiger partial charge in [-0.1, -0.05) is 24.4 Å². The maximum Gasteiger partial charge on any atom is 0.246 e. The number of rotatable bonds is 7. The number of methoxy groups -OCH3 is 1. The smallest absolute Gasteiger partial charge is 0.246 e. The highest BCUT2D eigenvalue weighted by Crippen LogP contribution is 2.29. The fourth-order valence-corrected chi connectivity index (χ4v) is 4.19. The van der Waals surface area contributed by atoms with Gasteiger partial charge >= 0.3 is 0 Å². The summed E-state index contributed by atoms with van der Waals surface area (Å²) in [7, 11) is 1.49. The van der Waals surface area contributed by atoms with E-state index in [1.165, 1.54) is 7.11 Å². The van der Waals surface area contributed by atoms with E-state index in [-0.39, 0.29) is 30.3 Å². The molecule has 0 saturated heterocycles. The number of aromatic amines is 1. The Labute approximate surface area is 184 Å². The Morgan fingerprint density at radius 1 is 1.32 bits per heavy atom. The number of amides is 1. The fourth-order valence-electron chi connectivity index (χ4n) is 4.03. The first-order valence-electron chi connectivity index (χ1n) is 10.2. The minimum Gasteiger partial charge on any atom is -0.375 e. The van der Waals surface area contributed by atoms with E-state index >= 15 is 0 Å². The normalized spacial score (nSPS) is 18.8. The van der Waals surface area contributed by atoms with E-state index in [2.05, 4.69) is 30.6 Å². The van der Waals surface area contributed by atoms with Crippen molar-refractivity contribution in [3.63, 3.8) is 0 Å². The van der Waals surface area contributed by atoms with Crippen molar-refractivity contribution in [1.29, 1.82) is 0 Å². The Hall–Kier alpha value is -2.78. The molecule has 0 radical (unpaired) electrons. The van der Waals surface area contributed by atoms with E-state index < -0.39 is 5.82 Å². The molecule has 1 saturated carbocycles. The van der Waals surface area contributed by atoms with Crippen molar-refractivity contribution in [2.45, 2.75) is 31.7 Å². The number of aromatic nitrogens is 4. The topological polar surface area (TPSA) is 105 Å². The third kappa shape index (κ3) is 4.94. The second-order valence-electron chi connectivity index (χ2n) is 7.67. The second-order valence-corrected chi connectivity index (χ2v) is 8.11. The van der Waals surface area contributed by atoms with Crippen LogP contribution in [0.4, 0.5) is 10.2 Å². The summed E-state index contributed by atoms with van der Waals surface area (Å²) in [4.78, 5) is 27.8. The summed E-state index contributed by atoms with van der Waals surface area (Å²) in [6.07, 6.45) is 8.39. The number of hydrogen-bond acceptors (Lipinski definition) is 6. The molecule has 3 N–H and O–H groups in total. The summed E-state index contributed by atoms with van der Waals surface area (Å²) in [6, 6.07) is 1.79. The van der Waals surface area contributed by atoms with Gasteiger partial charge in [0.1, 0.15) is 12.3 Å². The lowest BCUT2D eigenvalue weighted by Gasteiger charge is -2.32. The molecule has 1 fully saturated rings. The summed E-state index contributed by atoms with van der Waals surface area (Å²) in [5.74, 6) is -0.00445. The van der Waals surface area contributed by atoms with Crippen LogP contribution in [0.15, 0.2) is 24.7 Å². The lowest BCUT2D eigenvalue weighted by molar-refractivity contribution is -0.126. The minimum absolute atomic E-state index is 0.0232. The van der Waals surface area contributed by atoms with Crippen molar-refractivity contribution in [3.8, 4) is 11.4 Å². The number of nitrogens with one attached hydrogen (secondary N) is 3. The SMILES string of the molecule is COCC(=O)N[C@@H]1CCCCC1CNc1nc(-c2c[nH]c3ncc(Cl)cc23)ncc1F. The minimum atomic E-state index is -0.532. The van der Waals surface area contributed by atoms with Crippen LogP contribution < -0.4 is 10.6 Å². The van der Waals surface area contributed by atoms with E-state index in [0.717, 1.165) is 37.3 Å². The van der Waals surface area contributed by atoms with Gasteiger partial charge in [0.15, 0.2) is 17.5 Å². The first kappa shape index (κ1) is 21.5. The molecule has 3 aromatic rings. The van der Waals surface area contributed by atoms with Crippen LogP contribution in [0.3, 0.4) is 0 Å². The van der Waals surface area contributed by atoms with Crippen molar-refractivity contribution < 1.29 is 13.9 Å². The van der Waals surface area contributed by atoms with Gasteiger partial charge in [-0.3, -0.25) is 4.79 Å². The Balaban J connectivity index is 1.51. The first-order valence-corrected chi connectivity index (χ1v) is 10.6. The molecule has 1 aliphatic carbocycles. The van der Waals surface area contributed by atoms with Crippen LogP contribution in [0.2, 0.25) is 5.02 Å². The molecule has 3 aromatic heterocycles. The van der Waals surface area contributed by atoms with Crippen LogP contribution in [0, 0.1) is 11.7 Å². The molecule has 0 aromatic carbocycles. The predicted molar refractivity (Wildman–Crippen MR) is 116 cm³/mol. The van der Waals surface area contributed by atoms with Crippen molar-refractivity contribution in [1.82, 2.24) is 25.3 Å². The number of hydrogen-bond donors (Lipinski definition) is 3. The number of pyridine rings is 1. The highest BCUT2D eigenvalue weighted by molar-refractivity contribution is 6.31. The highest BCUT2D eigenvalue weighted by atomic mass is 35.5. The number of H-pyrrole nitrogens is 1. The van der Waals surface area contributed by atoms with E-state index in [1.807, 2.05) is 0 Å². The average molecular weight is 447 g/mol. The standard InChI is InChI=1S/C21H24ClFN6O2/c1-31-11-18(30)28-17-5-3-2-4-12(17)7-24-21-16(23)10-27-20(29-21)15-9-26-19-14(15)6-13(22)8-25-19/h6,8-10,12,17H,2-5,7,11H2,1H3,(H,25,26)(H,28,30)(H,24,27,29)/t12?,17-/m1/s1. The quantitative estimate of drug-likeness (QED) is 0.512. The number of carbonyl (C=O) groups is 1. The van der Waals surface area contributed by atoms with Crippen molar-refractivity contribution in [2.75, 3.05) is 25.6 Å². The number of anilines is 1. The van der Waals surface area contributed by atoms with Gasteiger partial charge in [0, 0.05) is 43.0 Å². The number of nitrogens with zero attached hydrogens (tertiary/aromatic N) is 3. The van der Waals surface area contributed by atoms with E-state index in [1.54, 1.807) is 18.5 Å². The molecule has 31 heavy (non-hydrogen) atoms. The van der Waals surface area contributed by atoms with Crippen LogP contribution in [0.5, 0.6) is 0 Å². The summed E-state index contributed by atoms with van der Waals surface area (Å²) in [6.45, 7) is 0.524. The van der Waals surface area contributed by atoms with Gasteiger partial charge in [0.2, 0.25) is 5.91 Å². The number of carbonyl (C=O) groups excluding carboxylic acids is 1. The molecule has 4 rings (SSSR count). The summed E-state index contributed by atoms with van der Waals surface area (Å²) in [5, 5.41) is 7.40. The fraction of sp³-hybridized carbons (Fsp3) is 0.429. The molecule has 1 aliphatic rings. The van der Waals surface area contributed by atoms with Crippen molar-refractivity contribution in [2.24, 2.45) is 5.92 Å². The third-order valence-corrected chi connectivity index (χ3v) is 5.75. The van der Waals surface area contributed by atoms with E-state index in [9.17, 15) is 9.18 Å². The van der Waals surface area contributed by atoms with E-state index in [0.29, 0.717) is 28.6 Å². The lowest BCUT2D eigenvalue weighted by atomic mass is 9.84. The maximum absolute atomic E-state index is 14.4. The molecule has 1 amide bonds. The van der Waals surface area contributed by atoms with Crippen molar-refractivity contribution in [3.05, 3.63) is 35.5 Å². The molecule has 10 heteroatoms. The summed E-state index contributed by atoms with van der Waals surface area (Å²) in [5.41, 5.74) is 1.34. The Morgan fingerprint density at radius 3 is 3.00 bits per heavy atom. The van der Waals surface area contributed by atoms with Crippen molar-refractivity contribution >= 4 is 34.4 Å². The van der Waals surface area contributed by atoms with Gasteiger partial charge in [-0.25, -0.2) is 19.3 Å². The molecule has 0 spiro atoms. The van der Waals surface area contributed by atoms with Gasteiger partial charge < -0.3 is 20.4 Å². The molecule has 0 bridgehead atoms. The molecular weight excluding hydrogens is 423 g/mol. The van der Waals surface area contributed by atoms with Crippen LogP contribution in [-0.4, -0.2) is 52.1 Å². The zero-order chi connectivity index (χ0) is 21.8. The number of ether oxygens (including phenoxy) is 1. The van der Waals surface area contributed by atoms with Crippen LogP contribution >= 0.6 is 11.6 Å². The zero-order valence-electron chi connectivity index (χ0n) is 17.1. The monoisotopic (exact) mass is 446 g/mol. The summed E-state index contributed by atoms with van der Waals surface area (Å²) >= 11 is 6.07. The van der Waals surface area contributed by atoms with Gasteiger partial charge in [0.05, 0.1) is 11.2 Å². The van der Waals surface area contributed by atoms with Gasteiger partial charge in [-0.2, -0.15) is 0 Å². The second kappa shape index (κ2) is 9.57. The molecule has 1 unspecified atom stereocenters. The Kier molecular flexibility index (Phi) is 6.62. The Morgan fingerprint density at radius 2 is 2.16 bits per heavy atom. The molecule has 8 nitrogen and oxygen atoms in total. The van der Waals surface area contributed by atoms with Crippen LogP contribution in [0.1, 0.15) is 25.7 Å². The predicted octanol–water partition coefficient (Wildman–Crippen LogP) is 3.55. The zero-order valence-corrected chi connectivity index (χ0v) is 17.9. The molecule has 3 heterocycles. The molecule has 0 aliphatic heterocycles. The number of halogens is 2. The van der Waals surface area contributed by atoms with E-state index in [4.69, 9.17) is 16.3 Å². The molecule has 2 atom stereocenters. The molecular formula is C21H24ClFN6O2. The Bertz CT molecular complexity index is 1080. The largest absolute Gasteiger partial charge is 0.375 e. The van der Waals surface area contributed by atoms with Crippen LogP contribution in [0.25, 0.3) is 22.4 Å². The first-order chi connectivity index (χ1) is 15.0. The summed E-state index contributed by atoms with van der Waals surface area (Å²) < 4.78 is 19.3.